The first-order valence-electron chi connectivity index (χ1n) is 8.99. The molecule has 0 aliphatic heterocycles. The van der Waals surface area contributed by atoms with Crippen LogP contribution in [0, 0.1) is 0 Å². The highest BCUT2D eigenvalue weighted by atomic mass is 35.5. The summed E-state index contributed by atoms with van der Waals surface area (Å²) >= 11 is 4.35. The van der Waals surface area contributed by atoms with Crippen LogP contribution in [0.15, 0.2) is 81.5 Å². The molecule has 0 radical (unpaired) electrons. The topological polar surface area (TPSA) is 91.4 Å². The second-order valence-corrected chi connectivity index (χ2v) is 10.9. The predicted octanol–water partition coefficient (Wildman–Crippen LogP) is 4.88. The molecule has 9 heteroatoms. The lowest BCUT2D eigenvalue weighted by atomic mass is 10.2. The highest BCUT2D eigenvalue weighted by molar-refractivity contribution is 7.93. The van der Waals surface area contributed by atoms with Gasteiger partial charge in [0.25, 0.3) is 10.0 Å². The van der Waals surface area contributed by atoms with Crippen LogP contribution in [0.1, 0.15) is 20.8 Å². The second-order valence-electron chi connectivity index (χ2n) is 7.37. The maximum atomic E-state index is 13.0. The van der Waals surface area contributed by atoms with E-state index >= 15 is 0 Å². The van der Waals surface area contributed by atoms with E-state index in [0.29, 0.717) is 10.6 Å². The molecule has 0 aliphatic carbocycles. The first kappa shape index (κ1) is 22.4. The Balaban J connectivity index is 1.90. The number of halogens is 1. The summed E-state index contributed by atoms with van der Waals surface area (Å²) in [5.74, 6) is 0.508. The van der Waals surface area contributed by atoms with Crippen molar-refractivity contribution in [2.24, 2.45) is 0 Å². The Kier molecular flexibility index (Phi) is 6.62. The lowest BCUT2D eigenvalue weighted by Gasteiger charge is -2.21. The Morgan fingerprint density at radius 1 is 1.07 bits per heavy atom. The molecule has 1 unspecified atom stereocenters. The number of hydrogen-bond acceptors (Lipinski definition) is 5. The van der Waals surface area contributed by atoms with Gasteiger partial charge in [-0.3, -0.25) is 4.72 Å². The van der Waals surface area contributed by atoms with E-state index in [1.54, 1.807) is 42.5 Å². The van der Waals surface area contributed by atoms with Gasteiger partial charge in [0.1, 0.15) is 11.4 Å². The summed E-state index contributed by atoms with van der Waals surface area (Å²) in [6.45, 7) is 5.71. The first-order valence-corrected chi connectivity index (χ1v) is 12.0. The van der Waals surface area contributed by atoms with Crippen LogP contribution in [-0.4, -0.2) is 23.6 Å². The molecule has 2 aromatic carbocycles. The van der Waals surface area contributed by atoms with Crippen molar-refractivity contribution in [2.45, 2.75) is 41.1 Å². The third-order valence-corrected chi connectivity index (χ3v) is 6.74. The van der Waals surface area contributed by atoms with Gasteiger partial charge in [-0.05, 0) is 57.2 Å². The van der Waals surface area contributed by atoms with E-state index in [2.05, 4.69) is 9.71 Å². The molecular formula is C21H21ClN2O4S2. The number of rotatable bonds is 6. The fourth-order valence-corrected chi connectivity index (χ4v) is 5.02. The quantitative estimate of drug-likeness (QED) is 0.525. The van der Waals surface area contributed by atoms with E-state index in [0.717, 1.165) is 0 Å². The summed E-state index contributed by atoms with van der Waals surface area (Å²) in [5, 5.41) is 0.251. The summed E-state index contributed by atoms with van der Waals surface area (Å²) in [6, 6.07) is 16.1. The number of nitrogens with one attached hydrogen (secondary N) is 1. The Labute approximate surface area is 184 Å². The molecule has 1 atom stereocenters. The average Bonchev–Trinajstić information content (AvgIpc) is 2.68. The minimum Gasteiger partial charge on any atom is -0.606 e. The molecule has 30 heavy (non-hydrogen) atoms. The molecule has 1 N–H and O–H groups in total. The van der Waals surface area contributed by atoms with Crippen LogP contribution in [0.4, 0.5) is 5.82 Å². The molecule has 6 nitrogen and oxygen atoms in total. The monoisotopic (exact) mass is 464 g/mol. The van der Waals surface area contributed by atoms with Gasteiger partial charge in [0.15, 0.2) is 10.7 Å². The van der Waals surface area contributed by atoms with Gasteiger partial charge in [-0.25, -0.2) is 13.4 Å². The van der Waals surface area contributed by atoms with Crippen LogP contribution in [0.2, 0.25) is 5.02 Å². The third kappa shape index (κ3) is 5.66. The zero-order valence-corrected chi connectivity index (χ0v) is 19.0. The zero-order chi connectivity index (χ0) is 21.9. The molecule has 0 amide bonds. The van der Waals surface area contributed by atoms with Crippen molar-refractivity contribution in [3.63, 3.8) is 0 Å². The third-order valence-electron chi connectivity index (χ3n) is 3.77. The van der Waals surface area contributed by atoms with Crippen molar-refractivity contribution in [1.82, 2.24) is 4.98 Å². The maximum Gasteiger partial charge on any atom is 0.263 e. The lowest BCUT2D eigenvalue weighted by Crippen LogP contribution is -2.23. The molecule has 1 aromatic heterocycles. The number of benzene rings is 2. The normalized spacial score (nSPS) is 13.0. The van der Waals surface area contributed by atoms with Gasteiger partial charge in [0.2, 0.25) is 4.90 Å². The molecule has 0 saturated carbocycles. The SMILES string of the molecule is CC(C)(C)Oc1ccc(S(=O)(=O)Nc2ncc(Cl)cc2[S+]([O-])c2ccccc2)cc1. The van der Waals surface area contributed by atoms with Crippen molar-refractivity contribution >= 4 is 38.6 Å². The van der Waals surface area contributed by atoms with Crippen LogP contribution in [0.5, 0.6) is 5.75 Å². The largest absolute Gasteiger partial charge is 0.606 e. The van der Waals surface area contributed by atoms with E-state index in [-0.39, 0.29) is 20.6 Å². The summed E-state index contributed by atoms with van der Waals surface area (Å²) in [7, 11) is -3.97. The summed E-state index contributed by atoms with van der Waals surface area (Å²) in [4.78, 5) is 4.76. The standard InChI is InChI=1S/C21H21ClN2O4S2/c1-21(2,3)28-16-9-11-18(12-10-16)30(26,27)24-20-19(13-15(22)14-23-20)29(25)17-7-5-4-6-8-17/h4-14H,1-3H3,(H,23,24). The van der Waals surface area contributed by atoms with Gasteiger partial charge in [-0.1, -0.05) is 29.8 Å². The van der Waals surface area contributed by atoms with Gasteiger partial charge in [0, 0.05) is 23.4 Å². The highest BCUT2D eigenvalue weighted by Gasteiger charge is 2.25. The number of pyridine rings is 1. The van der Waals surface area contributed by atoms with Crippen LogP contribution >= 0.6 is 11.6 Å². The Hall–Kier alpha value is -2.26. The van der Waals surface area contributed by atoms with Crippen molar-refractivity contribution in [2.75, 3.05) is 4.72 Å². The van der Waals surface area contributed by atoms with Crippen molar-refractivity contribution in [3.05, 3.63) is 71.9 Å². The summed E-state index contributed by atoms with van der Waals surface area (Å²) in [6.07, 6.45) is 1.30. The number of nitrogens with zero attached hydrogens (tertiary/aromatic N) is 1. The molecule has 158 valence electrons. The molecule has 0 aliphatic rings. The van der Waals surface area contributed by atoms with Gasteiger partial charge >= 0.3 is 0 Å². The molecule has 0 saturated heterocycles. The molecular weight excluding hydrogens is 444 g/mol. The van der Waals surface area contributed by atoms with Crippen LogP contribution in [0.3, 0.4) is 0 Å². The molecule has 0 bridgehead atoms. The van der Waals surface area contributed by atoms with Gasteiger partial charge < -0.3 is 9.29 Å². The molecule has 3 rings (SSSR count). The fourth-order valence-electron chi connectivity index (χ4n) is 2.54. The summed E-state index contributed by atoms with van der Waals surface area (Å²) < 4.78 is 46.9. The van der Waals surface area contributed by atoms with Gasteiger partial charge in [-0.15, -0.1) is 0 Å². The van der Waals surface area contributed by atoms with E-state index in [1.165, 1.54) is 24.4 Å². The molecule has 1 heterocycles. The van der Waals surface area contributed by atoms with Gasteiger partial charge in [0.05, 0.1) is 9.92 Å². The second kappa shape index (κ2) is 8.85. The number of aromatic nitrogens is 1. The zero-order valence-electron chi connectivity index (χ0n) is 16.6. The maximum absolute atomic E-state index is 13.0. The smallest absolute Gasteiger partial charge is 0.263 e. The predicted molar refractivity (Wildman–Crippen MR) is 118 cm³/mol. The fraction of sp³-hybridized carbons (Fsp3) is 0.190. The van der Waals surface area contributed by atoms with Crippen molar-refractivity contribution < 1.29 is 17.7 Å². The minimum absolute atomic E-state index is 0.0250. The average molecular weight is 465 g/mol. The Morgan fingerprint density at radius 3 is 2.30 bits per heavy atom. The highest BCUT2D eigenvalue weighted by Crippen LogP contribution is 2.30. The number of hydrogen-bond donors (Lipinski definition) is 1. The van der Waals surface area contributed by atoms with E-state index in [9.17, 15) is 13.0 Å². The number of sulfonamides is 1. The molecule has 3 aromatic rings. The first-order chi connectivity index (χ1) is 14.0. The Bertz CT molecular complexity index is 1120. The molecule has 0 fully saturated rings. The number of ether oxygens (including phenoxy) is 1. The summed E-state index contributed by atoms with van der Waals surface area (Å²) in [5.41, 5.74) is -0.401. The number of anilines is 1. The van der Waals surface area contributed by atoms with Crippen molar-refractivity contribution in [3.8, 4) is 5.75 Å². The van der Waals surface area contributed by atoms with E-state index in [1.807, 2.05) is 20.8 Å². The van der Waals surface area contributed by atoms with Crippen molar-refractivity contribution in [1.29, 1.82) is 0 Å². The van der Waals surface area contributed by atoms with E-state index < -0.39 is 26.8 Å². The lowest BCUT2D eigenvalue weighted by molar-refractivity contribution is 0.131. The van der Waals surface area contributed by atoms with Crippen LogP contribution in [0.25, 0.3) is 0 Å². The molecule has 0 spiro atoms. The van der Waals surface area contributed by atoms with Crippen LogP contribution in [-0.2, 0) is 21.2 Å². The minimum atomic E-state index is -3.97. The van der Waals surface area contributed by atoms with Crippen LogP contribution < -0.4 is 9.46 Å². The van der Waals surface area contributed by atoms with E-state index in [4.69, 9.17) is 16.3 Å². The Morgan fingerprint density at radius 2 is 1.70 bits per heavy atom. The van der Waals surface area contributed by atoms with Gasteiger partial charge in [-0.2, -0.15) is 0 Å².